The fraction of sp³-hybridized carbons (Fsp3) is 0.190. The van der Waals surface area contributed by atoms with E-state index in [1.807, 2.05) is 30.3 Å². The zero-order valence-corrected chi connectivity index (χ0v) is 16.7. The lowest BCUT2D eigenvalue weighted by Gasteiger charge is -2.13. The zero-order valence-electron chi connectivity index (χ0n) is 15.9. The molecule has 3 amide bonds. The summed E-state index contributed by atoms with van der Waals surface area (Å²) in [6.45, 7) is 0. The van der Waals surface area contributed by atoms with Gasteiger partial charge in [-0.05, 0) is 24.1 Å². The molecule has 3 N–H and O–H groups in total. The number of nitrogens with zero attached hydrogens (tertiary/aromatic N) is 2. The molecular formula is C21H19N5O3S. The van der Waals surface area contributed by atoms with E-state index in [4.69, 9.17) is 0 Å². The molecule has 0 bridgehead atoms. The Morgan fingerprint density at radius 1 is 1.03 bits per heavy atom. The molecule has 1 aromatic heterocycles. The highest BCUT2D eigenvalue weighted by Gasteiger charge is 2.27. The van der Waals surface area contributed by atoms with Crippen LogP contribution in [-0.4, -0.2) is 34.0 Å². The Balaban J connectivity index is 1.31. The van der Waals surface area contributed by atoms with E-state index in [9.17, 15) is 14.4 Å². The first-order chi connectivity index (χ1) is 14.6. The standard InChI is InChI=1S/C21H19N5O3S/c27-17(24-21-26-25-18(30-21)12-13-6-2-1-3-7-13)11-10-16-20(29)22-15-9-5-4-8-14(15)19(28)23-16/h1-9,16H,10-12H2,(H,22,29)(H,23,28)(H,24,26,27)/t16-/m0/s1. The van der Waals surface area contributed by atoms with Crippen LogP contribution in [0.4, 0.5) is 10.8 Å². The van der Waals surface area contributed by atoms with E-state index in [1.54, 1.807) is 24.3 Å². The Kier molecular flexibility index (Phi) is 5.80. The highest BCUT2D eigenvalue weighted by atomic mass is 32.1. The zero-order chi connectivity index (χ0) is 20.9. The van der Waals surface area contributed by atoms with Gasteiger partial charge in [0.15, 0.2) is 0 Å². The van der Waals surface area contributed by atoms with Gasteiger partial charge in [-0.3, -0.25) is 14.4 Å². The summed E-state index contributed by atoms with van der Waals surface area (Å²) in [7, 11) is 0. The fourth-order valence-corrected chi connectivity index (χ4v) is 3.91. The first kappa shape index (κ1) is 19.7. The average molecular weight is 421 g/mol. The Morgan fingerprint density at radius 2 is 1.80 bits per heavy atom. The number of carbonyl (C=O) groups excluding carboxylic acids is 3. The minimum Gasteiger partial charge on any atom is -0.340 e. The number of amides is 3. The van der Waals surface area contributed by atoms with Gasteiger partial charge in [0.25, 0.3) is 5.91 Å². The smallest absolute Gasteiger partial charge is 0.254 e. The van der Waals surface area contributed by atoms with Gasteiger partial charge in [0, 0.05) is 12.8 Å². The maximum absolute atomic E-state index is 12.4. The van der Waals surface area contributed by atoms with Crippen LogP contribution in [0.1, 0.15) is 33.8 Å². The van der Waals surface area contributed by atoms with Crippen molar-refractivity contribution in [1.29, 1.82) is 0 Å². The topological polar surface area (TPSA) is 113 Å². The molecule has 0 aliphatic carbocycles. The number of nitrogens with one attached hydrogen (secondary N) is 3. The quantitative estimate of drug-likeness (QED) is 0.566. The van der Waals surface area contributed by atoms with Crippen molar-refractivity contribution in [3.05, 3.63) is 70.7 Å². The first-order valence-electron chi connectivity index (χ1n) is 9.45. The Hall–Kier alpha value is -3.59. The average Bonchev–Trinajstić information content (AvgIpc) is 3.13. The number of hydrogen-bond acceptors (Lipinski definition) is 6. The van der Waals surface area contributed by atoms with E-state index in [2.05, 4.69) is 26.1 Å². The summed E-state index contributed by atoms with van der Waals surface area (Å²) in [4.78, 5) is 37.0. The SMILES string of the molecule is O=C(CC[C@@H]1NC(=O)c2ccccc2NC1=O)Nc1nnc(Cc2ccccc2)s1. The molecule has 30 heavy (non-hydrogen) atoms. The van der Waals surface area contributed by atoms with E-state index in [1.165, 1.54) is 11.3 Å². The summed E-state index contributed by atoms with van der Waals surface area (Å²) in [5.41, 5.74) is 1.98. The largest absolute Gasteiger partial charge is 0.340 e. The van der Waals surface area contributed by atoms with Gasteiger partial charge < -0.3 is 16.0 Å². The van der Waals surface area contributed by atoms with Crippen LogP contribution in [0, 0.1) is 0 Å². The van der Waals surface area contributed by atoms with Gasteiger partial charge in [0.05, 0.1) is 11.3 Å². The third-order valence-corrected chi connectivity index (χ3v) is 5.46. The lowest BCUT2D eigenvalue weighted by atomic mass is 10.1. The Morgan fingerprint density at radius 3 is 2.63 bits per heavy atom. The summed E-state index contributed by atoms with van der Waals surface area (Å²) < 4.78 is 0. The molecule has 9 heteroatoms. The van der Waals surface area contributed by atoms with Crippen molar-refractivity contribution in [3.63, 3.8) is 0 Å². The van der Waals surface area contributed by atoms with Crippen LogP contribution in [0.15, 0.2) is 54.6 Å². The molecule has 0 radical (unpaired) electrons. The van der Waals surface area contributed by atoms with Crippen LogP contribution in [0.5, 0.6) is 0 Å². The van der Waals surface area contributed by atoms with E-state index in [0.29, 0.717) is 22.8 Å². The molecular weight excluding hydrogens is 402 g/mol. The normalized spacial score (nSPS) is 15.5. The lowest BCUT2D eigenvalue weighted by Crippen LogP contribution is -2.41. The molecule has 2 aromatic carbocycles. The van der Waals surface area contributed by atoms with Gasteiger partial charge in [-0.1, -0.05) is 53.8 Å². The van der Waals surface area contributed by atoms with Crippen molar-refractivity contribution < 1.29 is 14.4 Å². The number of benzene rings is 2. The molecule has 0 fully saturated rings. The number of anilines is 2. The number of fused-ring (bicyclic) bond motifs is 1. The van der Waals surface area contributed by atoms with Crippen molar-refractivity contribution in [2.24, 2.45) is 0 Å². The van der Waals surface area contributed by atoms with Gasteiger partial charge in [-0.15, -0.1) is 10.2 Å². The number of aromatic nitrogens is 2. The van der Waals surface area contributed by atoms with Gasteiger partial charge in [0.2, 0.25) is 16.9 Å². The molecule has 4 rings (SSSR count). The third-order valence-electron chi connectivity index (χ3n) is 4.62. The van der Waals surface area contributed by atoms with E-state index < -0.39 is 6.04 Å². The number of hydrogen-bond donors (Lipinski definition) is 3. The summed E-state index contributed by atoms with van der Waals surface area (Å²) >= 11 is 1.31. The van der Waals surface area contributed by atoms with E-state index in [0.717, 1.165) is 10.6 Å². The molecule has 1 aliphatic heterocycles. The molecule has 0 saturated carbocycles. The van der Waals surface area contributed by atoms with E-state index >= 15 is 0 Å². The minimum atomic E-state index is -0.793. The monoisotopic (exact) mass is 421 g/mol. The minimum absolute atomic E-state index is 0.0578. The van der Waals surface area contributed by atoms with Crippen molar-refractivity contribution >= 4 is 39.9 Å². The van der Waals surface area contributed by atoms with Crippen LogP contribution in [0.2, 0.25) is 0 Å². The maximum Gasteiger partial charge on any atom is 0.254 e. The highest BCUT2D eigenvalue weighted by molar-refractivity contribution is 7.15. The van der Waals surface area contributed by atoms with Gasteiger partial charge in [0.1, 0.15) is 11.0 Å². The van der Waals surface area contributed by atoms with Crippen molar-refractivity contribution in [3.8, 4) is 0 Å². The molecule has 0 spiro atoms. The number of para-hydroxylation sites is 1. The number of carbonyl (C=O) groups is 3. The predicted octanol–water partition coefficient (Wildman–Crippen LogP) is 2.60. The molecule has 3 aromatic rings. The predicted molar refractivity (Wildman–Crippen MR) is 113 cm³/mol. The Labute approximate surface area is 176 Å². The Bertz CT molecular complexity index is 1080. The van der Waals surface area contributed by atoms with Crippen LogP contribution in [-0.2, 0) is 16.0 Å². The molecule has 2 heterocycles. The summed E-state index contributed by atoms with van der Waals surface area (Å²) in [5, 5.41) is 17.4. The van der Waals surface area contributed by atoms with Gasteiger partial charge in [-0.2, -0.15) is 0 Å². The first-order valence-corrected chi connectivity index (χ1v) is 10.3. The maximum atomic E-state index is 12.4. The van der Waals surface area contributed by atoms with Crippen molar-refractivity contribution in [2.75, 3.05) is 10.6 Å². The second-order valence-electron chi connectivity index (χ2n) is 6.81. The molecule has 8 nitrogen and oxygen atoms in total. The number of rotatable bonds is 6. The summed E-state index contributed by atoms with van der Waals surface area (Å²) in [5.74, 6) is -0.979. The van der Waals surface area contributed by atoms with Crippen molar-refractivity contribution in [1.82, 2.24) is 15.5 Å². The molecule has 0 saturated heterocycles. The molecule has 1 atom stereocenters. The van der Waals surface area contributed by atoms with Crippen LogP contribution in [0.25, 0.3) is 0 Å². The van der Waals surface area contributed by atoms with Crippen molar-refractivity contribution in [2.45, 2.75) is 25.3 Å². The third kappa shape index (κ3) is 4.69. The van der Waals surface area contributed by atoms with Crippen LogP contribution >= 0.6 is 11.3 Å². The van der Waals surface area contributed by atoms with Crippen LogP contribution in [0.3, 0.4) is 0 Å². The molecule has 152 valence electrons. The van der Waals surface area contributed by atoms with Gasteiger partial charge >= 0.3 is 0 Å². The molecule has 1 aliphatic rings. The second-order valence-corrected chi connectivity index (χ2v) is 7.87. The van der Waals surface area contributed by atoms with Crippen LogP contribution < -0.4 is 16.0 Å². The second kappa shape index (κ2) is 8.83. The highest BCUT2D eigenvalue weighted by Crippen LogP contribution is 2.21. The summed E-state index contributed by atoms with van der Waals surface area (Å²) in [6, 6.07) is 15.9. The lowest BCUT2D eigenvalue weighted by molar-refractivity contribution is -0.118. The summed E-state index contributed by atoms with van der Waals surface area (Å²) in [6.07, 6.45) is 0.874. The molecule has 0 unspecified atom stereocenters. The van der Waals surface area contributed by atoms with Gasteiger partial charge in [-0.25, -0.2) is 0 Å². The fourth-order valence-electron chi connectivity index (χ4n) is 3.12. The van der Waals surface area contributed by atoms with E-state index in [-0.39, 0.29) is 30.6 Å².